The van der Waals surface area contributed by atoms with E-state index in [1.807, 2.05) is 33.1 Å². The van der Waals surface area contributed by atoms with Gasteiger partial charge in [0.05, 0.1) is 34.0 Å². The Balaban J connectivity index is 2.55. The first-order valence-electron chi connectivity index (χ1n) is 9.78. The Morgan fingerprint density at radius 2 is 1.76 bits per heavy atom. The number of thiazole rings is 1. The smallest absolute Gasteiger partial charge is 0.210 e. The molecule has 0 aromatic carbocycles. The Morgan fingerprint density at radius 1 is 1.21 bits per heavy atom. The second kappa shape index (κ2) is 10.5. The molecule has 10 heteroatoms. The first-order valence-corrected chi connectivity index (χ1v) is 12.7. The lowest BCUT2D eigenvalue weighted by Gasteiger charge is -2.34. The van der Waals surface area contributed by atoms with E-state index in [0.717, 1.165) is 9.61 Å². The van der Waals surface area contributed by atoms with Crippen molar-refractivity contribution in [1.82, 2.24) is 4.98 Å². The van der Waals surface area contributed by atoms with Gasteiger partial charge in [-0.25, -0.2) is 19.2 Å². The predicted molar refractivity (Wildman–Crippen MR) is 124 cm³/mol. The first kappa shape index (κ1) is 24.4. The Morgan fingerprint density at radius 3 is 2.21 bits per heavy atom. The maximum Gasteiger partial charge on any atom is 0.210 e. The molecule has 0 aliphatic carbocycles. The molecular formula is C19H31BrN4O3S2. The minimum absolute atomic E-state index is 0.187. The molecular weight excluding hydrogens is 476 g/mol. The lowest BCUT2D eigenvalue weighted by atomic mass is 9.89. The summed E-state index contributed by atoms with van der Waals surface area (Å²) >= 11 is 4.96. The summed E-state index contributed by atoms with van der Waals surface area (Å²) in [6, 6.07) is -0.597. The van der Waals surface area contributed by atoms with E-state index < -0.39 is 21.8 Å². The minimum Gasteiger partial charge on any atom is -0.480 e. The van der Waals surface area contributed by atoms with E-state index in [9.17, 15) is 4.21 Å². The maximum absolute atomic E-state index is 12.2. The molecule has 0 saturated carbocycles. The molecule has 0 amide bonds. The summed E-state index contributed by atoms with van der Waals surface area (Å²) in [7, 11) is -1.50. The van der Waals surface area contributed by atoms with Crippen LogP contribution in [0.1, 0.15) is 58.9 Å². The zero-order valence-corrected chi connectivity index (χ0v) is 21.1. The second-order valence-electron chi connectivity index (χ2n) is 7.81. The van der Waals surface area contributed by atoms with Crippen molar-refractivity contribution >= 4 is 50.0 Å². The third kappa shape index (κ3) is 6.08. The molecule has 2 heterocycles. The fraction of sp³-hybridized carbons (Fsp3) is 0.737. The monoisotopic (exact) mass is 506 g/mol. The maximum atomic E-state index is 12.2. The summed E-state index contributed by atoms with van der Waals surface area (Å²) < 4.78 is 24.1. The average Bonchev–Trinajstić information content (AvgIpc) is 3.07. The molecule has 1 aromatic rings. The lowest BCUT2D eigenvalue weighted by Crippen LogP contribution is -2.43. The van der Waals surface area contributed by atoms with Gasteiger partial charge in [0.25, 0.3) is 0 Å². The molecule has 0 spiro atoms. The summed E-state index contributed by atoms with van der Waals surface area (Å²) in [4.78, 5) is 14.5. The molecule has 29 heavy (non-hydrogen) atoms. The van der Waals surface area contributed by atoms with Gasteiger partial charge in [-0.1, -0.05) is 13.8 Å². The molecule has 0 fully saturated rings. The Bertz CT molecular complexity index is 779. The van der Waals surface area contributed by atoms with E-state index in [4.69, 9.17) is 24.6 Å². The van der Waals surface area contributed by atoms with Gasteiger partial charge in [0.1, 0.15) is 16.7 Å². The Labute approximate surface area is 188 Å². The zero-order valence-electron chi connectivity index (χ0n) is 17.8. The summed E-state index contributed by atoms with van der Waals surface area (Å²) in [5, 5.41) is 8.59. The number of hydrogen-bond acceptors (Lipinski definition) is 7. The van der Waals surface area contributed by atoms with Crippen LogP contribution in [0.4, 0.5) is 0 Å². The second-order valence-corrected chi connectivity index (χ2v) is 11.2. The number of rotatable bonds is 8. The van der Waals surface area contributed by atoms with Gasteiger partial charge in [-0.2, -0.15) is 0 Å². The van der Waals surface area contributed by atoms with Gasteiger partial charge in [0.15, 0.2) is 0 Å². The quantitative estimate of drug-likeness (QED) is 0.574. The van der Waals surface area contributed by atoms with Crippen molar-refractivity contribution in [2.24, 2.45) is 21.0 Å². The molecule has 0 bridgehead atoms. The standard InChI is InChI=1S/C19H31BrN4O3S2/c1-7-26-16-14(11(3)4)23-17(27-8-2)15(24-16)12(9-19(5,6)29(21)25)18-22-13(20)10-28-18/h10-12,14-15H,7-9,21H2,1-6H3/t12-,14+,15-,29?/m0/s1. The molecule has 164 valence electrons. The van der Waals surface area contributed by atoms with Crippen LogP contribution in [0.25, 0.3) is 0 Å². The SMILES string of the molecule is CCOC1=N[C@H](C(C)C)C(OCC)=N[C@H]1[C@H](CC(C)(C)S(N)=O)c1nc(Br)cs1. The van der Waals surface area contributed by atoms with Gasteiger partial charge in [-0.05, 0) is 56.0 Å². The summed E-state index contributed by atoms with van der Waals surface area (Å²) in [5.74, 6) is 1.22. The molecule has 4 atom stereocenters. The Kier molecular flexibility index (Phi) is 8.81. The molecule has 1 unspecified atom stereocenters. The highest BCUT2D eigenvalue weighted by Gasteiger charge is 2.41. The number of halogens is 1. The van der Waals surface area contributed by atoms with Crippen molar-refractivity contribution in [3.63, 3.8) is 0 Å². The van der Waals surface area contributed by atoms with E-state index in [1.165, 1.54) is 11.3 Å². The molecule has 2 N–H and O–H groups in total. The molecule has 1 aliphatic heterocycles. The van der Waals surface area contributed by atoms with Crippen molar-refractivity contribution in [1.29, 1.82) is 0 Å². The number of nitrogens with two attached hydrogens (primary N) is 1. The predicted octanol–water partition coefficient (Wildman–Crippen LogP) is 4.06. The molecule has 1 aromatic heterocycles. The van der Waals surface area contributed by atoms with Crippen LogP contribution in [0.2, 0.25) is 0 Å². The van der Waals surface area contributed by atoms with Crippen molar-refractivity contribution in [2.45, 2.75) is 70.7 Å². The number of ether oxygens (including phenoxy) is 2. The third-order valence-corrected chi connectivity index (χ3v) is 7.64. The van der Waals surface area contributed by atoms with Gasteiger partial charge in [-0.3, -0.25) is 5.14 Å². The molecule has 2 rings (SSSR count). The van der Waals surface area contributed by atoms with Crippen molar-refractivity contribution in [3.8, 4) is 0 Å². The van der Waals surface area contributed by atoms with E-state index in [1.54, 1.807) is 0 Å². The van der Waals surface area contributed by atoms with Crippen LogP contribution in [0, 0.1) is 5.92 Å². The highest BCUT2D eigenvalue weighted by Crippen LogP contribution is 2.37. The molecule has 7 nitrogen and oxygen atoms in total. The normalized spacial score (nSPS) is 22.1. The minimum atomic E-state index is -1.50. The van der Waals surface area contributed by atoms with Gasteiger partial charge in [0, 0.05) is 11.3 Å². The van der Waals surface area contributed by atoms with E-state index in [0.29, 0.717) is 31.4 Å². The van der Waals surface area contributed by atoms with E-state index in [-0.39, 0.29) is 17.9 Å². The fourth-order valence-corrected chi connectivity index (χ4v) is 4.90. The molecule has 1 aliphatic rings. The van der Waals surface area contributed by atoms with Crippen LogP contribution in [0.15, 0.2) is 20.0 Å². The van der Waals surface area contributed by atoms with Crippen LogP contribution in [0.5, 0.6) is 0 Å². The molecule has 0 radical (unpaired) electrons. The molecule has 0 saturated heterocycles. The number of aromatic nitrogens is 1. The summed E-state index contributed by atoms with van der Waals surface area (Å²) in [5.41, 5.74) is 0. The van der Waals surface area contributed by atoms with E-state index >= 15 is 0 Å². The van der Waals surface area contributed by atoms with E-state index in [2.05, 4.69) is 34.8 Å². The van der Waals surface area contributed by atoms with Crippen LogP contribution in [-0.2, 0) is 20.5 Å². The van der Waals surface area contributed by atoms with Crippen molar-refractivity contribution < 1.29 is 13.7 Å². The van der Waals surface area contributed by atoms with Crippen molar-refractivity contribution in [3.05, 3.63) is 15.0 Å². The number of nitrogens with zero attached hydrogens (tertiary/aromatic N) is 3. The van der Waals surface area contributed by atoms with Gasteiger partial charge < -0.3 is 9.47 Å². The van der Waals surface area contributed by atoms with Crippen LogP contribution in [0.3, 0.4) is 0 Å². The van der Waals surface area contributed by atoms with Gasteiger partial charge >= 0.3 is 0 Å². The van der Waals surface area contributed by atoms with Crippen molar-refractivity contribution in [2.75, 3.05) is 13.2 Å². The number of aliphatic imine (C=N–C) groups is 2. The highest BCUT2D eigenvalue weighted by atomic mass is 79.9. The van der Waals surface area contributed by atoms with Crippen LogP contribution in [-0.4, -0.2) is 51.0 Å². The van der Waals surface area contributed by atoms with Gasteiger partial charge in [-0.15, -0.1) is 11.3 Å². The topological polar surface area (TPSA) is 99.2 Å². The van der Waals surface area contributed by atoms with Gasteiger partial charge in [0.2, 0.25) is 11.8 Å². The average molecular weight is 508 g/mol. The Hall–Kier alpha value is -0.840. The third-order valence-electron chi connectivity index (χ3n) is 4.70. The number of hydrogen-bond donors (Lipinski definition) is 1. The van der Waals surface area contributed by atoms with Crippen LogP contribution < -0.4 is 5.14 Å². The highest BCUT2D eigenvalue weighted by molar-refractivity contribution is 9.10. The first-order chi connectivity index (χ1) is 13.6. The summed E-state index contributed by atoms with van der Waals surface area (Å²) in [6.07, 6.45) is 0.516. The zero-order chi connectivity index (χ0) is 21.8. The summed E-state index contributed by atoms with van der Waals surface area (Å²) in [6.45, 7) is 12.8. The fourth-order valence-electron chi connectivity index (χ4n) is 3.16. The van der Waals surface area contributed by atoms with Crippen LogP contribution >= 0.6 is 27.3 Å². The lowest BCUT2D eigenvalue weighted by molar-refractivity contribution is 0.268. The largest absolute Gasteiger partial charge is 0.480 e.